The lowest BCUT2D eigenvalue weighted by molar-refractivity contribution is -0.135. The molecule has 0 saturated carbocycles. The van der Waals surface area contributed by atoms with Gasteiger partial charge in [0, 0.05) is 23.8 Å². The summed E-state index contributed by atoms with van der Waals surface area (Å²) in [6, 6.07) is 7.31. The molecule has 4 nitrogen and oxygen atoms in total. The molecule has 0 radical (unpaired) electrons. The number of halogens is 1. The molecule has 0 heterocycles. The highest BCUT2D eigenvalue weighted by Gasteiger charge is 2.12. The largest absolute Gasteiger partial charge is 0.480 e. The molecule has 106 valence electrons. The molecular formula is C14H21ClN2O2. The summed E-state index contributed by atoms with van der Waals surface area (Å²) in [5.74, 6) is -0.834. The van der Waals surface area contributed by atoms with E-state index in [1.54, 1.807) is 12.1 Å². The molecule has 1 aromatic carbocycles. The smallest absolute Gasteiger partial charge is 0.323 e. The lowest BCUT2D eigenvalue weighted by atomic mass is 10.2. The van der Waals surface area contributed by atoms with Crippen molar-refractivity contribution in [3.63, 3.8) is 0 Å². The Hall–Kier alpha value is -1.26. The second kappa shape index (κ2) is 8.02. The summed E-state index contributed by atoms with van der Waals surface area (Å²) >= 11 is 5.96. The summed E-state index contributed by atoms with van der Waals surface area (Å²) in [6.45, 7) is 7.64. The van der Waals surface area contributed by atoms with E-state index in [4.69, 9.17) is 16.7 Å². The zero-order valence-electron chi connectivity index (χ0n) is 11.5. The first kappa shape index (κ1) is 15.8. The van der Waals surface area contributed by atoms with E-state index in [2.05, 4.69) is 18.7 Å². The summed E-state index contributed by atoms with van der Waals surface area (Å²) in [7, 11) is 0. The minimum Gasteiger partial charge on any atom is -0.480 e. The summed E-state index contributed by atoms with van der Waals surface area (Å²) in [5, 5.41) is 9.63. The number of benzene rings is 1. The van der Waals surface area contributed by atoms with Crippen LogP contribution in [0.4, 0.5) is 5.69 Å². The van der Waals surface area contributed by atoms with Crippen LogP contribution in [0.2, 0.25) is 5.02 Å². The molecule has 19 heavy (non-hydrogen) atoms. The Kier molecular flexibility index (Phi) is 6.67. The van der Waals surface area contributed by atoms with Gasteiger partial charge in [0.05, 0.1) is 0 Å². The monoisotopic (exact) mass is 284 g/mol. The summed E-state index contributed by atoms with van der Waals surface area (Å²) in [5.41, 5.74) is 0.849. The minimum absolute atomic E-state index is 0.0123. The Labute approximate surface area is 119 Å². The molecule has 0 atom stereocenters. The van der Waals surface area contributed by atoms with Gasteiger partial charge in [-0.3, -0.25) is 4.79 Å². The zero-order chi connectivity index (χ0) is 14.3. The Morgan fingerprint density at radius 3 is 2.47 bits per heavy atom. The number of anilines is 1. The van der Waals surface area contributed by atoms with Crippen molar-refractivity contribution >= 4 is 23.3 Å². The molecule has 0 aliphatic rings. The fourth-order valence-corrected chi connectivity index (χ4v) is 2.12. The predicted octanol–water partition coefficient (Wildman–Crippen LogP) is 2.57. The van der Waals surface area contributed by atoms with Gasteiger partial charge in [-0.15, -0.1) is 0 Å². The molecule has 0 aliphatic carbocycles. The lowest BCUT2D eigenvalue weighted by Gasteiger charge is -2.27. The van der Waals surface area contributed by atoms with Gasteiger partial charge < -0.3 is 14.9 Å². The molecule has 0 saturated heterocycles. The number of carboxylic acid groups (broad SMARTS) is 1. The van der Waals surface area contributed by atoms with Crippen molar-refractivity contribution < 1.29 is 9.90 Å². The maximum absolute atomic E-state index is 11.0. The molecule has 0 aliphatic heterocycles. The Morgan fingerprint density at radius 1 is 1.26 bits per heavy atom. The van der Waals surface area contributed by atoms with Gasteiger partial charge in [0.25, 0.3) is 0 Å². The number of hydrogen-bond acceptors (Lipinski definition) is 3. The highest BCUT2D eigenvalue weighted by Crippen LogP contribution is 2.19. The van der Waals surface area contributed by atoms with Crippen molar-refractivity contribution in [3.05, 3.63) is 29.3 Å². The SMILES string of the molecule is CCN(CC)CCN(CC(=O)O)c1cccc(Cl)c1. The maximum Gasteiger partial charge on any atom is 0.323 e. The third kappa shape index (κ3) is 5.49. The third-order valence-electron chi connectivity index (χ3n) is 3.08. The van der Waals surface area contributed by atoms with E-state index in [1.165, 1.54) is 0 Å². The number of rotatable bonds is 8. The Morgan fingerprint density at radius 2 is 1.95 bits per heavy atom. The molecule has 0 bridgehead atoms. The van der Waals surface area contributed by atoms with Gasteiger partial charge in [-0.05, 0) is 31.3 Å². The van der Waals surface area contributed by atoms with Crippen molar-refractivity contribution in [2.45, 2.75) is 13.8 Å². The standard InChI is InChI=1S/C14H21ClN2O2/c1-3-16(4-2)8-9-17(11-14(18)19)13-7-5-6-12(15)10-13/h5-7,10H,3-4,8-9,11H2,1-2H3,(H,18,19). The number of carbonyl (C=O) groups is 1. The van der Waals surface area contributed by atoms with Gasteiger partial charge in [-0.25, -0.2) is 0 Å². The molecule has 0 unspecified atom stereocenters. The average Bonchev–Trinajstić information content (AvgIpc) is 2.38. The van der Waals surface area contributed by atoms with E-state index in [1.807, 2.05) is 17.0 Å². The van der Waals surface area contributed by atoms with E-state index in [9.17, 15) is 4.79 Å². The first-order valence-corrected chi connectivity index (χ1v) is 6.89. The highest BCUT2D eigenvalue weighted by molar-refractivity contribution is 6.30. The first-order valence-electron chi connectivity index (χ1n) is 6.51. The highest BCUT2D eigenvalue weighted by atomic mass is 35.5. The van der Waals surface area contributed by atoms with Crippen LogP contribution in [-0.2, 0) is 4.79 Å². The molecule has 0 aromatic heterocycles. The van der Waals surface area contributed by atoms with Crippen LogP contribution >= 0.6 is 11.6 Å². The fourth-order valence-electron chi connectivity index (χ4n) is 1.94. The maximum atomic E-state index is 11.0. The van der Waals surface area contributed by atoms with Crippen LogP contribution < -0.4 is 4.90 Å². The van der Waals surface area contributed by atoms with Crippen molar-refractivity contribution in [1.82, 2.24) is 4.90 Å². The van der Waals surface area contributed by atoms with Crippen LogP contribution in [0.25, 0.3) is 0 Å². The van der Waals surface area contributed by atoms with E-state index >= 15 is 0 Å². The van der Waals surface area contributed by atoms with Gasteiger partial charge in [-0.1, -0.05) is 31.5 Å². The van der Waals surface area contributed by atoms with Crippen LogP contribution in [0, 0.1) is 0 Å². The molecule has 0 fully saturated rings. The van der Waals surface area contributed by atoms with E-state index in [0.29, 0.717) is 11.6 Å². The molecular weight excluding hydrogens is 264 g/mol. The molecule has 5 heteroatoms. The number of hydrogen-bond donors (Lipinski definition) is 1. The Balaban J connectivity index is 2.74. The van der Waals surface area contributed by atoms with Gasteiger partial charge in [0.2, 0.25) is 0 Å². The number of likely N-dealkylation sites (N-methyl/N-ethyl adjacent to an activating group) is 1. The molecule has 0 spiro atoms. The fraction of sp³-hybridized carbons (Fsp3) is 0.500. The predicted molar refractivity (Wildman–Crippen MR) is 79.1 cm³/mol. The van der Waals surface area contributed by atoms with Gasteiger partial charge in [0.1, 0.15) is 6.54 Å². The summed E-state index contributed by atoms with van der Waals surface area (Å²) in [6.07, 6.45) is 0. The van der Waals surface area contributed by atoms with Gasteiger partial charge in [-0.2, -0.15) is 0 Å². The normalized spacial score (nSPS) is 10.7. The average molecular weight is 285 g/mol. The van der Waals surface area contributed by atoms with E-state index in [0.717, 1.165) is 25.3 Å². The topological polar surface area (TPSA) is 43.8 Å². The number of carboxylic acids is 1. The van der Waals surface area contributed by atoms with Crippen LogP contribution in [0.3, 0.4) is 0 Å². The van der Waals surface area contributed by atoms with Crippen LogP contribution in [0.15, 0.2) is 24.3 Å². The quantitative estimate of drug-likeness (QED) is 0.797. The van der Waals surface area contributed by atoms with Crippen LogP contribution in [-0.4, -0.2) is 48.7 Å². The molecule has 1 N–H and O–H groups in total. The first-order chi connectivity index (χ1) is 9.06. The van der Waals surface area contributed by atoms with E-state index < -0.39 is 5.97 Å². The van der Waals surface area contributed by atoms with Gasteiger partial charge >= 0.3 is 5.97 Å². The number of nitrogens with zero attached hydrogens (tertiary/aromatic N) is 2. The van der Waals surface area contributed by atoms with Gasteiger partial charge in [0.15, 0.2) is 0 Å². The molecule has 1 rings (SSSR count). The van der Waals surface area contributed by atoms with Crippen LogP contribution in [0.5, 0.6) is 0 Å². The van der Waals surface area contributed by atoms with Crippen molar-refractivity contribution in [2.24, 2.45) is 0 Å². The number of aliphatic carboxylic acids is 1. The lowest BCUT2D eigenvalue weighted by Crippen LogP contribution is -2.37. The van der Waals surface area contributed by atoms with Crippen molar-refractivity contribution in [1.29, 1.82) is 0 Å². The van der Waals surface area contributed by atoms with E-state index in [-0.39, 0.29) is 6.54 Å². The summed E-state index contributed by atoms with van der Waals surface area (Å²) < 4.78 is 0. The minimum atomic E-state index is -0.834. The second-order valence-corrected chi connectivity index (χ2v) is 4.76. The Bertz CT molecular complexity index is 408. The summed E-state index contributed by atoms with van der Waals surface area (Å²) in [4.78, 5) is 15.1. The second-order valence-electron chi connectivity index (χ2n) is 4.32. The third-order valence-corrected chi connectivity index (χ3v) is 3.32. The molecule has 0 amide bonds. The van der Waals surface area contributed by atoms with Crippen LogP contribution in [0.1, 0.15) is 13.8 Å². The molecule has 1 aromatic rings. The van der Waals surface area contributed by atoms with Crippen molar-refractivity contribution in [3.8, 4) is 0 Å². The zero-order valence-corrected chi connectivity index (χ0v) is 12.2. The van der Waals surface area contributed by atoms with Crippen molar-refractivity contribution in [2.75, 3.05) is 37.6 Å².